The molecule has 0 amide bonds. The summed E-state index contributed by atoms with van der Waals surface area (Å²) in [7, 11) is -4.72. The van der Waals surface area contributed by atoms with Crippen LogP contribution in [0.3, 0.4) is 0 Å². The lowest BCUT2D eigenvalue weighted by Crippen LogP contribution is -2.34. The topological polar surface area (TPSA) is 172 Å². The van der Waals surface area contributed by atoms with Crippen molar-refractivity contribution in [3.8, 4) is 0 Å². The summed E-state index contributed by atoms with van der Waals surface area (Å²) in [6.07, 6.45) is 41.7. The molecule has 11 nitrogen and oxygen atoms in total. The number of phosphoric acid groups is 1. The summed E-state index contributed by atoms with van der Waals surface area (Å²) < 4.78 is 32.6. The molecule has 0 aliphatic carbocycles. The van der Waals surface area contributed by atoms with Gasteiger partial charge in [-0.05, 0) is 77.0 Å². The summed E-state index contributed by atoms with van der Waals surface area (Å²) in [6, 6.07) is -1.53. The number of ether oxygens (including phenoxy) is 2. The molecular weight excluding hydrogens is 721 g/mol. The van der Waals surface area contributed by atoms with Gasteiger partial charge in [0.1, 0.15) is 12.6 Å². The van der Waals surface area contributed by atoms with Crippen LogP contribution in [0.1, 0.15) is 174 Å². The van der Waals surface area contributed by atoms with E-state index in [1.54, 1.807) is 0 Å². The third kappa shape index (κ3) is 38.1. The second-order valence-electron chi connectivity index (χ2n) is 14.1. The number of unbranched alkanes of at least 4 members (excludes halogenated alkanes) is 17. The van der Waals surface area contributed by atoms with Crippen LogP contribution in [0.15, 0.2) is 48.6 Å². The molecule has 0 aliphatic heterocycles. The Balaban J connectivity index is 4.44. The van der Waals surface area contributed by atoms with Crippen molar-refractivity contribution in [3.63, 3.8) is 0 Å². The van der Waals surface area contributed by atoms with Crippen LogP contribution in [0.2, 0.25) is 0 Å². The maximum absolute atomic E-state index is 12.6. The summed E-state index contributed by atoms with van der Waals surface area (Å²) in [4.78, 5) is 45.9. The highest BCUT2D eigenvalue weighted by atomic mass is 31.2. The van der Waals surface area contributed by atoms with E-state index in [0.717, 1.165) is 83.5 Å². The summed E-state index contributed by atoms with van der Waals surface area (Å²) in [5.41, 5.74) is 5.32. The largest absolute Gasteiger partial charge is 0.480 e. The van der Waals surface area contributed by atoms with Gasteiger partial charge in [-0.3, -0.25) is 23.4 Å². The number of hydrogen-bond donors (Lipinski definition) is 3. The minimum atomic E-state index is -4.72. The maximum atomic E-state index is 12.6. The van der Waals surface area contributed by atoms with Crippen LogP contribution < -0.4 is 5.73 Å². The Morgan fingerprint density at radius 3 is 1.49 bits per heavy atom. The first-order valence-electron chi connectivity index (χ1n) is 21.2. The molecule has 12 heteroatoms. The highest BCUT2D eigenvalue weighted by Gasteiger charge is 2.28. The van der Waals surface area contributed by atoms with Gasteiger partial charge in [-0.1, -0.05) is 133 Å². The molecule has 0 saturated heterocycles. The van der Waals surface area contributed by atoms with Crippen molar-refractivity contribution in [2.24, 2.45) is 5.73 Å². The summed E-state index contributed by atoms with van der Waals surface area (Å²) >= 11 is 0. The quantitative estimate of drug-likeness (QED) is 0.0234. The number of esters is 2. The van der Waals surface area contributed by atoms with Gasteiger partial charge in [0, 0.05) is 12.8 Å². The molecule has 0 aromatic heterocycles. The molecule has 55 heavy (non-hydrogen) atoms. The number of carbonyl (C=O) groups excluding carboxylic acids is 2. The zero-order valence-electron chi connectivity index (χ0n) is 34.3. The summed E-state index contributed by atoms with van der Waals surface area (Å²) in [5, 5.41) is 8.88. The molecular formula is C43H76NO10P. The van der Waals surface area contributed by atoms with Crippen molar-refractivity contribution in [1.82, 2.24) is 0 Å². The van der Waals surface area contributed by atoms with Crippen LogP contribution in [-0.2, 0) is 37.5 Å². The fourth-order valence-electron chi connectivity index (χ4n) is 5.42. The SMILES string of the molecule is CCCCC/C=C/C/C=C/C/C=C/CCCCCCC(=O)OC[C@H](COP(=O)(O)OC[C@H](N)C(=O)O)OC(=O)CCCCCCC/C=C/CCCCCCC. The Hall–Kier alpha value is -2.56. The Labute approximate surface area is 333 Å². The van der Waals surface area contributed by atoms with Gasteiger partial charge in [-0.15, -0.1) is 0 Å². The molecule has 0 aromatic rings. The highest BCUT2D eigenvalue weighted by molar-refractivity contribution is 7.47. The van der Waals surface area contributed by atoms with E-state index in [9.17, 15) is 23.8 Å². The lowest BCUT2D eigenvalue weighted by molar-refractivity contribution is -0.161. The molecule has 0 aliphatic rings. The van der Waals surface area contributed by atoms with E-state index in [-0.39, 0.29) is 19.4 Å². The number of rotatable bonds is 39. The molecule has 0 fully saturated rings. The molecule has 318 valence electrons. The minimum absolute atomic E-state index is 0.145. The van der Waals surface area contributed by atoms with Crippen LogP contribution >= 0.6 is 7.82 Å². The number of allylic oxidation sites excluding steroid dienone is 8. The van der Waals surface area contributed by atoms with Crippen LogP contribution in [0, 0.1) is 0 Å². The standard InChI is InChI=1S/C43H76NO10P/c1-3-5-7-9-11-13-15-17-19-20-21-23-24-26-28-30-32-34-41(45)51-36-39(37-52-55(49,50)53-38-40(44)43(47)48)54-42(46)35-33-31-29-27-25-22-18-16-14-12-10-8-6-4-2/h11,13,16-19,21,23,39-40H,3-10,12,14-15,20,22,24-38,44H2,1-2H3,(H,47,48)(H,49,50)/b13-11+,18-16+,19-17+,23-21+/t39-,40+/m1/s1. The lowest BCUT2D eigenvalue weighted by atomic mass is 10.1. The van der Waals surface area contributed by atoms with Gasteiger partial charge in [-0.25, -0.2) is 4.57 Å². The zero-order chi connectivity index (χ0) is 40.7. The summed E-state index contributed by atoms with van der Waals surface area (Å²) in [5.74, 6) is -2.42. The Bertz CT molecular complexity index is 1120. The number of carbonyl (C=O) groups is 3. The van der Waals surface area contributed by atoms with Gasteiger partial charge >= 0.3 is 25.7 Å². The van der Waals surface area contributed by atoms with Crippen LogP contribution in [0.25, 0.3) is 0 Å². The van der Waals surface area contributed by atoms with Gasteiger partial charge in [0.2, 0.25) is 0 Å². The van der Waals surface area contributed by atoms with E-state index in [1.165, 1.54) is 51.4 Å². The second kappa shape index (κ2) is 38.3. The summed E-state index contributed by atoms with van der Waals surface area (Å²) in [6.45, 7) is 2.72. The van der Waals surface area contributed by atoms with E-state index in [4.69, 9.17) is 24.8 Å². The van der Waals surface area contributed by atoms with E-state index in [1.807, 2.05) is 0 Å². The number of nitrogens with two attached hydrogens (primary N) is 1. The zero-order valence-corrected chi connectivity index (χ0v) is 35.2. The van der Waals surface area contributed by atoms with Crippen molar-refractivity contribution in [3.05, 3.63) is 48.6 Å². The molecule has 4 N–H and O–H groups in total. The predicted molar refractivity (Wildman–Crippen MR) is 222 cm³/mol. The Morgan fingerprint density at radius 1 is 0.564 bits per heavy atom. The molecule has 0 aromatic carbocycles. The molecule has 1 unspecified atom stereocenters. The normalized spacial score (nSPS) is 14.3. The first-order chi connectivity index (χ1) is 26.6. The average Bonchev–Trinajstić information content (AvgIpc) is 3.16. The van der Waals surface area contributed by atoms with Crippen molar-refractivity contribution >= 4 is 25.7 Å². The van der Waals surface area contributed by atoms with Crippen LogP contribution in [0.5, 0.6) is 0 Å². The van der Waals surface area contributed by atoms with E-state index in [0.29, 0.717) is 12.8 Å². The third-order valence-corrected chi connectivity index (χ3v) is 9.75. The smallest absolute Gasteiger partial charge is 0.472 e. The Morgan fingerprint density at radius 2 is 0.964 bits per heavy atom. The molecule has 3 atom stereocenters. The number of hydrogen-bond acceptors (Lipinski definition) is 9. The maximum Gasteiger partial charge on any atom is 0.472 e. The van der Waals surface area contributed by atoms with Gasteiger partial charge in [0.15, 0.2) is 6.10 Å². The van der Waals surface area contributed by atoms with Crippen LogP contribution in [-0.4, -0.2) is 59.9 Å². The van der Waals surface area contributed by atoms with Gasteiger partial charge in [-0.2, -0.15) is 0 Å². The minimum Gasteiger partial charge on any atom is -0.480 e. The van der Waals surface area contributed by atoms with Gasteiger partial charge in [0.05, 0.1) is 13.2 Å². The molecule has 0 saturated carbocycles. The fraction of sp³-hybridized carbons (Fsp3) is 0.744. The lowest BCUT2D eigenvalue weighted by Gasteiger charge is -2.20. The van der Waals surface area contributed by atoms with E-state index in [2.05, 4.69) is 67.0 Å². The number of carboxylic acid groups (broad SMARTS) is 1. The molecule has 0 bridgehead atoms. The van der Waals surface area contributed by atoms with Crippen molar-refractivity contribution < 1.29 is 47.5 Å². The number of phosphoric ester groups is 1. The molecule has 0 radical (unpaired) electrons. The molecule has 0 rings (SSSR count). The van der Waals surface area contributed by atoms with Gasteiger partial charge < -0.3 is 25.2 Å². The molecule has 0 spiro atoms. The van der Waals surface area contributed by atoms with Crippen LogP contribution in [0.4, 0.5) is 0 Å². The van der Waals surface area contributed by atoms with Crippen molar-refractivity contribution in [2.45, 2.75) is 187 Å². The number of carboxylic acids is 1. The van der Waals surface area contributed by atoms with E-state index >= 15 is 0 Å². The second-order valence-corrected chi connectivity index (χ2v) is 15.6. The fourth-order valence-corrected chi connectivity index (χ4v) is 6.20. The number of aliphatic carboxylic acids is 1. The van der Waals surface area contributed by atoms with Gasteiger partial charge in [0.25, 0.3) is 0 Å². The first-order valence-corrected chi connectivity index (χ1v) is 22.7. The first kappa shape index (κ1) is 52.4. The third-order valence-electron chi connectivity index (χ3n) is 8.80. The monoisotopic (exact) mass is 798 g/mol. The average molecular weight is 798 g/mol. The Kier molecular flexibility index (Phi) is 36.5. The van der Waals surface area contributed by atoms with Crippen molar-refractivity contribution in [1.29, 1.82) is 0 Å². The predicted octanol–water partition coefficient (Wildman–Crippen LogP) is 11.0. The molecule has 0 heterocycles. The highest BCUT2D eigenvalue weighted by Crippen LogP contribution is 2.43. The van der Waals surface area contributed by atoms with Crippen molar-refractivity contribution in [2.75, 3.05) is 19.8 Å². The van der Waals surface area contributed by atoms with E-state index < -0.39 is 51.1 Å².